The lowest BCUT2D eigenvalue weighted by Gasteiger charge is -2.15. The van der Waals surface area contributed by atoms with Crippen LogP contribution in [0.3, 0.4) is 0 Å². The molecule has 0 heterocycles. The SMILES string of the molecule is COCCOCCCCNC(C)c1ccc(O)cc1O. The van der Waals surface area contributed by atoms with Gasteiger partial charge in [0.05, 0.1) is 13.2 Å². The third-order valence-electron chi connectivity index (χ3n) is 3.08. The Morgan fingerprint density at radius 3 is 2.65 bits per heavy atom. The molecule has 114 valence electrons. The summed E-state index contributed by atoms with van der Waals surface area (Å²) >= 11 is 0. The highest BCUT2D eigenvalue weighted by molar-refractivity contribution is 5.40. The first-order chi connectivity index (χ1) is 9.65. The van der Waals surface area contributed by atoms with Crippen LogP contribution in [0.1, 0.15) is 31.4 Å². The molecule has 0 fully saturated rings. The molecule has 1 atom stereocenters. The average Bonchev–Trinajstić information content (AvgIpc) is 2.41. The van der Waals surface area contributed by atoms with Gasteiger partial charge in [0.25, 0.3) is 0 Å². The molecule has 0 bridgehead atoms. The van der Waals surface area contributed by atoms with Crippen LogP contribution in [-0.4, -0.2) is 43.7 Å². The fourth-order valence-electron chi connectivity index (χ4n) is 1.90. The molecule has 3 N–H and O–H groups in total. The fourth-order valence-corrected chi connectivity index (χ4v) is 1.90. The lowest BCUT2D eigenvalue weighted by molar-refractivity contribution is 0.0687. The lowest BCUT2D eigenvalue weighted by Crippen LogP contribution is -2.20. The summed E-state index contributed by atoms with van der Waals surface area (Å²) in [6, 6.07) is 4.72. The first kappa shape index (κ1) is 16.8. The Kier molecular flexibility index (Phi) is 8.02. The maximum Gasteiger partial charge on any atom is 0.124 e. The molecule has 0 spiro atoms. The van der Waals surface area contributed by atoms with E-state index in [1.54, 1.807) is 19.2 Å². The van der Waals surface area contributed by atoms with Crippen molar-refractivity contribution in [2.24, 2.45) is 0 Å². The van der Waals surface area contributed by atoms with Gasteiger partial charge >= 0.3 is 0 Å². The Hall–Kier alpha value is -1.30. The lowest BCUT2D eigenvalue weighted by atomic mass is 10.1. The largest absolute Gasteiger partial charge is 0.508 e. The van der Waals surface area contributed by atoms with Gasteiger partial charge in [-0.05, 0) is 32.4 Å². The summed E-state index contributed by atoms with van der Waals surface area (Å²) in [6.07, 6.45) is 2.00. The second-order valence-electron chi connectivity index (χ2n) is 4.73. The van der Waals surface area contributed by atoms with Crippen LogP contribution in [0.5, 0.6) is 11.5 Å². The number of rotatable bonds is 10. The van der Waals surface area contributed by atoms with Gasteiger partial charge in [-0.2, -0.15) is 0 Å². The van der Waals surface area contributed by atoms with E-state index < -0.39 is 0 Å². The zero-order valence-electron chi connectivity index (χ0n) is 12.3. The smallest absolute Gasteiger partial charge is 0.124 e. The second-order valence-corrected chi connectivity index (χ2v) is 4.73. The summed E-state index contributed by atoms with van der Waals surface area (Å²) in [5.74, 6) is 0.194. The number of nitrogens with one attached hydrogen (secondary N) is 1. The minimum Gasteiger partial charge on any atom is -0.508 e. The first-order valence-electron chi connectivity index (χ1n) is 6.97. The molecule has 0 saturated heterocycles. The molecule has 1 unspecified atom stereocenters. The van der Waals surface area contributed by atoms with Crippen molar-refractivity contribution >= 4 is 0 Å². The summed E-state index contributed by atoms with van der Waals surface area (Å²) < 4.78 is 10.3. The number of hydrogen-bond acceptors (Lipinski definition) is 5. The molecule has 0 aromatic heterocycles. The van der Waals surface area contributed by atoms with Gasteiger partial charge in [-0.3, -0.25) is 0 Å². The molecule has 0 aliphatic heterocycles. The van der Waals surface area contributed by atoms with Crippen LogP contribution in [0.15, 0.2) is 18.2 Å². The van der Waals surface area contributed by atoms with Gasteiger partial charge in [0.2, 0.25) is 0 Å². The normalized spacial score (nSPS) is 12.5. The van der Waals surface area contributed by atoms with Crippen molar-refractivity contribution in [3.05, 3.63) is 23.8 Å². The molecular weight excluding hydrogens is 258 g/mol. The predicted molar refractivity (Wildman–Crippen MR) is 78.1 cm³/mol. The summed E-state index contributed by atoms with van der Waals surface area (Å²) in [5.41, 5.74) is 0.791. The van der Waals surface area contributed by atoms with Crippen molar-refractivity contribution in [2.75, 3.05) is 33.5 Å². The van der Waals surface area contributed by atoms with Crippen LogP contribution < -0.4 is 5.32 Å². The van der Waals surface area contributed by atoms with E-state index in [4.69, 9.17) is 9.47 Å². The molecule has 1 aromatic carbocycles. The number of methoxy groups -OCH3 is 1. The summed E-state index contributed by atoms with van der Waals surface area (Å²) in [6.45, 7) is 4.86. The van der Waals surface area contributed by atoms with Crippen LogP contribution in [0.4, 0.5) is 0 Å². The number of hydrogen-bond donors (Lipinski definition) is 3. The van der Waals surface area contributed by atoms with E-state index in [-0.39, 0.29) is 17.5 Å². The van der Waals surface area contributed by atoms with Crippen molar-refractivity contribution in [3.8, 4) is 11.5 Å². The van der Waals surface area contributed by atoms with Crippen LogP contribution >= 0.6 is 0 Å². The monoisotopic (exact) mass is 283 g/mol. The summed E-state index contributed by atoms with van der Waals surface area (Å²) in [5, 5.41) is 22.3. The number of phenolic OH excluding ortho intramolecular Hbond substituents is 2. The zero-order chi connectivity index (χ0) is 14.8. The Labute approximate surface area is 120 Å². The molecule has 0 radical (unpaired) electrons. The van der Waals surface area contributed by atoms with Gasteiger partial charge in [0.15, 0.2) is 0 Å². The molecule has 1 rings (SSSR count). The third-order valence-corrected chi connectivity index (χ3v) is 3.08. The van der Waals surface area contributed by atoms with E-state index >= 15 is 0 Å². The summed E-state index contributed by atoms with van der Waals surface area (Å²) in [7, 11) is 1.66. The maximum absolute atomic E-state index is 9.75. The predicted octanol–water partition coefficient (Wildman–Crippen LogP) is 2.19. The molecule has 5 nitrogen and oxygen atoms in total. The van der Waals surface area contributed by atoms with E-state index in [9.17, 15) is 10.2 Å². The Morgan fingerprint density at radius 1 is 1.15 bits per heavy atom. The number of aromatic hydroxyl groups is 2. The zero-order valence-corrected chi connectivity index (χ0v) is 12.3. The first-order valence-corrected chi connectivity index (χ1v) is 6.97. The molecular formula is C15H25NO4. The van der Waals surface area contributed by atoms with E-state index in [1.165, 1.54) is 6.07 Å². The van der Waals surface area contributed by atoms with Crippen molar-refractivity contribution < 1.29 is 19.7 Å². The highest BCUT2D eigenvalue weighted by atomic mass is 16.5. The molecule has 0 amide bonds. The third kappa shape index (κ3) is 6.23. The van der Waals surface area contributed by atoms with Crippen LogP contribution in [0.2, 0.25) is 0 Å². The Balaban J connectivity index is 2.15. The number of benzene rings is 1. The average molecular weight is 283 g/mol. The second kappa shape index (κ2) is 9.58. The topological polar surface area (TPSA) is 71.0 Å². The molecule has 1 aromatic rings. The number of phenols is 2. The Morgan fingerprint density at radius 2 is 1.95 bits per heavy atom. The number of ether oxygens (including phenoxy) is 2. The van der Waals surface area contributed by atoms with Crippen LogP contribution in [-0.2, 0) is 9.47 Å². The highest BCUT2D eigenvalue weighted by Crippen LogP contribution is 2.27. The minimum absolute atomic E-state index is 0.0463. The minimum atomic E-state index is 0.0463. The Bertz CT molecular complexity index is 384. The van der Waals surface area contributed by atoms with E-state index in [0.29, 0.717) is 13.2 Å². The number of unbranched alkanes of at least 4 members (excludes halogenated alkanes) is 1. The van der Waals surface area contributed by atoms with Gasteiger partial charge in [0.1, 0.15) is 11.5 Å². The van der Waals surface area contributed by atoms with Gasteiger partial charge in [0, 0.05) is 31.4 Å². The van der Waals surface area contributed by atoms with Crippen molar-refractivity contribution in [1.29, 1.82) is 0 Å². The van der Waals surface area contributed by atoms with Gasteiger partial charge < -0.3 is 25.0 Å². The fraction of sp³-hybridized carbons (Fsp3) is 0.600. The van der Waals surface area contributed by atoms with E-state index in [1.807, 2.05) is 6.92 Å². The molecule has 5 heteroatoms. The van der Waals surface area contributed by atoms with E-state index in [0.717, 1.165) is 31.6 Å². The molecule has 0 aliphatic carbocycles. The molecule has 20 heavy (non-hydrogen) atoms. The molecule has 0 aliphatic rings. The van der Waals surface area contributed by atoms with Crippen LogP contribution in [0.25, 0.3) is 0 Å². The highest BCUT2D eigenvalue weighted by Gasteiger charge is 2.09. The molecule has 0 saturated carbocycles. The van der Waals surface area contributed by atoms with Crippen molar-refractivity contribution in [1.82, 2.24) is 5.32 Å². The van der Waals surface area contributed by atoms with Crippen LogP contribution in [0, 0.1) is 0 Å². The van der Waals surface area contributed by atoms with E-state index in [2.05, 4.69) is 5.32 Å². The van der Waals surface area contributed by atoms with Gasteiger partial charge in [-0.1, -0.05) is 6.07 Å². The summed E-state index contributed by atoms with van der Waals surface area (Å²) in [4.78, 5) is 0. The van der Waals surface area contributed by atoms with Crippen molar-refractivity contribution in [3.63, 3.8) is 0 Å². The van der Waals surface area contributed by atoms with Crippen molar-refractivity contribution in [2.45, 2.75) is 25.8 Å². The maximum atomic E-state index is 9.75. The quantitative estimate of drug-likeness (QED) is 0.574. The van der Waals surface area contributed by atoms with Gasteiger partial charge in [-0.15, -0.1) is 0 Å². The van der Waals surface area contributed by atoms with Gasteiger partial charge in [-0.25, -0.2) is 0 Å². The standard InChI is InChI=1S/C15H25NO4/c1-12(14-6-5-13(17)11-15(14)18)16-7-3-4-8-20-10-9-19-2/h5-6,11-12,16-18H,3-4,7-10H2,1-2H3.